The molecule has 2 aromatic carbocycles. The summed E-state index contributed by atoms with van der Waals surface area (Å²) in [6.07, 6.45) is 2.15. The predicted molar refractivity (Wildman–Crippen MR) is 104 cm³/mol. The number of fused-ring (bicyclic) bond motifs is 3. The molecule has 5 nitrogen and oxygen atoms in total. The minimum Gasteiger partial charge on any atom is -0.493 e. The van der Waals surface area contributed by atoms with Gasteiger partial charge in [0.05, 0.1) is 31.3 Å². The summed E-state index contributed by atoms with van der Waals surface area (Å²) in [4.78, 5) is 0. The van der Waals surface area contributed by atoms with Gasteiger partial charge in [0.2, 0.25) is 0 Å². The first-order valence-corrected chi connectivity index (χ1v) is 11.2. The summed E-state index contributed by atoms with van der Waals surface area (Å²) < 4.78 is 34.9. The van der Waals surface area contributed by atoms with Crippen LogP contribution in [0.4, 0.5) is 0 Å². The highest BCUT2D eigenvalue weighted by molar-refractivity contribution is 7.91. The third-order valence-electron chi connectivity index (χ3n) is 5.38. The first-order valence-electron chi connectivity index (χ1n) is 9.37. The van der Waals surface area contributed by atoms with Gasteiger partial charge in [-0.15, -0.1) is 0 Å². The molecule has 0 atom stereocenters. The summed E-state index contributed by atoms with van der Waals surface area (Å²) in [6, 6.07) is 11.8. The molecule has 0 radical (unpaired) electrons. The smallest absolute Gasteiger partial charge is 0.150 e. The molecule has 1 fully saturated rings. The molecule has 2 aliphatic heterocycles. The molecule has 0 unspecified atom stereocenters. The number of aliphatic hydroxyl groups is 1. The van der Waals surface area contributed by atoms with Crippen molar-refractivity contribution in [2.45, 2.75) is 25.9 Å². The van der Waals surface area contributed by atoms with Crippen molar-refractivity contribution in [3.63, 3.8) is 0 Å². The average Bonchev–Trinajstić information content (AvgIpc) is 2.85. The molecular weight excluding hydrogens is 364 g/mol. The summed E-state index contributed by atoms with van der Waals surface area (Å²) in [5.41, 5.74) is 4.12. The van der Waals surface area contributed by atoms with Gasteiger partial charge < -0.3 is 14.6 Å². The molecular formula is C21H24O5S. The zero-order chi connectivity index (χ0) is 18.9. The summed E-state index contributed by atoms with van der Waals surface area (Å²) in [6.45, 7) is 1.15. The zero-order valence-corrected chi connectivity index (χ0v) is 16.0. The zero-order valence-electron chi connectivity index (χ0n) is 15.2. The van der Waals surface area contributed by atoms with Crippen LogP contribution in [0.3, 0.4) is 0 Å². The summed E-state index contributed by atoms with van der Waals surface area (Å²) in [7, 11) is -2.84. The summed E-state index contributed by atoms with van der Waals surface area (Å²) >= 11 is 0. The molecule has 0 amide bonds. The lowest BCUT2D eigenvalue weighted by molar-refractivity contribution is 0.238. The fraction of sp³-hybridized carbons (Fsp3) is 0.429. The molecule has 1 N–H and O–H groups in total. The van der Waals surface area contributed by atoms with Crippen molar-refractivity contribution in [3.05, 3.63) is 47.5 Å². The summed E-state index contributed by atoms with van der Waals surface area (Å²) in [5, 5.41) is 9.43. The Kier molecular flexibility index (Phi) is 5.10. The third-order valence-corrected chi connectivity index (χ3v) is 7.10. The van der Waals surface area contributed by atoms with E-state index in [1.54, 1.807) is 0 Å². The highest BCUT2D eigenvalue weighted by Crippen LogP contribution is 2.37. The van der Waals surface area contributed by atoms with Crippen molar-refractivity contribution in [2.75, 3.05) is 24.7 Å². The Morgan fingerprint density at radius 2 is 1.89 bits per heavy atom. The van der Waals surface area contributed by atoms with Crippen LogP contribution in [0.15, 0.2) is 36.4 Å². The average molecular weight is 388 g/mol. The van der Waals surface area contributed by atoms with E-state index >= 15 is 0 Å². The van der Waals surface area contributed by atoms with E-state index in [0.717, 1.165) is 40.2 Å². The maximum absolute atomic E-state index is 11.5. The van der Waals surface area contributed by atoms with E-state index in [4.69, 9.17) is 9.47 Å². The SMILES string of the molecule is O=S1(=O)CCC(COc2ccc3c(c2)CCOc2ccc(CO)cc2-3)CC1. The van der Waals surface area contributed by atoms with E-state index in [0.29, 0.717) is 32.0 Å². The lowest BCUT2D eigenvalue weighted by atomic mass is 9.96. The topological polar surface area (TPSA) is 72.8 Å². The minimum atomic E-state index is -2.84. The maximum Gasteiger partial charge on any atom is 0.150 e. The number of hydrogen-bond acceptors (Lipinski definition) is 5. The molecule has 27 heavy (non-hydrogen) atoms. The first kappa shape index (κ1) is 18.3. The lowest BCUT2D eigenvalue weighted by Crippen LogP contribution is -2.26. The maximum atomic E-state index is 11.5. The van der Waals surface area contributed by atoms with Gasteiger partial charge in [-0.25, -0.2) is 8.42 Å². The fourth-order valence-electron chi connectivity index (χ4n) is 3.73. The molecule has 2 aromatic rings. The molecule has 0 spiro atoms. The van der Waals surface area contributed by atoms with Crippen molar-refractivity contribution >= 4 is 9.84 Å². The van der Waals surface area contributed by atoms with Gasteiger partial charge in [0.25, 0.3) is 0 Å². The number of hydrogen-bond donors (Lipinski definition) is 1. The van der Waals surface area contributed by atoms with Gasteiger partial charge in [-0.05, 0) is 59.7 Å². The minimum absolute atomic E-state index is 0.000909. The molecule has 6 heteroatoms. The molecule has 1 saturated heterocycles. The van der Waals surface area contributed by atoms with Gasteiger partial charge in [0.15, 0.2) is 0 Å². The Morgan fingerprint density at radius 3 is 2.67 bits per heavy atom. The van der Waals surface area contributed by atoms with Crippen LogP contribution in [0, 0.1) is 5.92 Å². The van der Waals surface area contributed by atoms with Crippen LogP contribution in [-0.4, -0.2) is 38.2 Å². The summed E-state index contributed by atoms with van der Waals surface area (Å²) in [5.74, 6) is 2.48. The Labute approximate surface area is 159 Å². The molecule has 0 aromatic heterocycles. The molecule has 2 aliphatic rings. The molecule has 0 saturated carbocycles. The second-order valence-corrected chi connectivity index (χ2v) is 9.62. The van der Waals surface area contributed by atoms with E-state index in [-0.39, 0.29) is 18.1 Å². The van der Waals surface area contributed by atoms with Crippen LogP contribution in [-0.2, 0) is 22.9 Å². The van der Waals surface area contributed by atoms with Crippen LogP contribution in [0.25, 0.3) is 11.1 Å². The second-order valence-electron chi connectivity index (χ2n) is 7.31. The van der Waals surface area contributed by atoms with E-state index in [2.05, 4.69) is 6.07 Å². The van der Waals surface area contributed by atoms with Crippen LogP contribution in [0.1, 0.15) is 24.0 Å². The van der Waals surface area contributed by atoms with Gasteiger partial charge in [-0.3, -0.25) is 0 Å². The van der Waals surface area contributed by atoms with Gasteiger partial charge >= 0.3 is 0 Å². The third kappa shape index (κ3) is 4.12. The molecule has 2 heterocycles. The largest absolute Gasteiger partial charge is 0.493 e. The van der Waals surface area contributed by atoms with Crippen molar-refractivity contribution in [1.82, 2.24) is 0 Å². The van der Waals surface area contributed by atoms with Crippen molar-refractivity contribution in [2.24, 2.45) is 5.92 Å². The van der Waals surface area contributed by atoms with Gasteiger partial charge in [-0.2, -0.15) is 0 Å². The number of benzene rings is 2. The van der Waals surface area contributed by atoms with Crippen molar-refractivity contribution in [3.8, 4) is 22.6 Å². The van der Waals surface area contributed by atoms with Crippen LogP contribution >= 0.6 is 0 Å². The molecule has 4 rings (SSSR count). The molecule has 0 bridgehead atoms. The van der Waals surface area contributed by atoms with E-state index in [1.165, 1.54) is 0 Å². The van der Waals surface area contributed by atoms with E-state index in [1.807, 2.05) is 30.3 Å². The van der Waals surface area contributed by atoms with Crippen LogP contribution in [0.5, 0.6) is 11.5 Å². The van der Waals surface area contributed by atoms with Gasteiger partial charge in [0, 0.05) is 12.0 Å². The second kappa shape index (κ2) is 7.52. The monoisotopic (exact) mass is 388 g/mol. The number of aliphatic hydroxyl groups excluding tert-OH is 1. The Bertz CT molecular complexity index is 922. The van der Waals surface area contributed by atoms with Crippen molar-refractivity contribution < 1.29 is 23.0 Å². The normalized spacial score (nSPS) is 18.7. The Morgan fingerprint density at radius 1 is 1.07 bits per heavy atom. The number of sulfone groups is 1. The fourth-order valence-corrected chi connectivity index (χ4v) is 5.32. The highest BCUT2D eigenvalue weighted by atomic mass is 32.2. The Balaban J connectivity index is 1.51. The van der Waals surface area contributed by atoms with E-state index < -0.39 is 9.84 Å². The van der Waals surface area contributed by atoms with Gasteiger partial charge in [-0.1, -0.05) is 12.1 Å². The quantitative estimate of drug-likeness (QED) is 0.872. The number of rotatable bonds is 4. The lowest BCUT2D eigenvalue weighted by Gasteiger charge is -2.22. The first-order chi connectivity index (χ1) is 13.0. The van der Waals surface area contributed by atoms with Crippen LogP contribution in [0.2, 0.25) is 0 Å². The number of ether oxygens (including phenoxy) is 2. The molecule has 0 aliphatic carbocycles. The standard InChI is InChI=1S/C21H24O5S/c22-13-16-1-4-21-20(11-16)19-3-2-18(12-17(19)5-8-25-21)26-14-15-6-9-27(23,24)10-7-15/h1-4,11-12,15,22H,5-10,13-14H2. The van der Waals surface area contributed by atoms with Crippen molar-refractivity contribution in [1.29, 1.82) is 0 Å². The van der Waals surface area contributed by atoms with Crippen LogP contribution < -0.4 is 9.47 Å². The van der Waals surface area contributed by atoms with Gasteiger partial charge in [0.1, 0.15) is 21.3 Å². The van der Waals surface area contributed by atoms with E-state index in [9.17, 15) is 13.5 Å². The Hall–Kier alpha value is -2.05. The predicted octanol–water partition coefficient (Wildman–Crippen LogP) is 2.98. The molecule has 144 valence electrons. The highest BCUT2D eigenvalue weighted by Gasteiger charge is 2.24.